The number of nitrogens with one attached hydrogen (secondary N) is 1. The lowest BCUT2D eigenvalue weighted by Crippen LogP contribution is -2.41. The highest BCUT2D eigenvalue weighted by atomic mass is 32.2. The number of sulfonamides is 1. The van der Waals surface area contributed by atoms with Gasteiger partial charge in [-0.25, -0.2) is 12.8 Å². The van der Waals surface area contributed by atoms with Gasteiger partial charge in [0, 0.05) is 0 Å². The molecule has 0 aromatic heterocycles. The molecule has 3 aromatic rings. The fourth-order valence-electron chi connectivity index (χ4n) is 3.41. The van der Waals surface area contributed by atoms with Crippen molar-refractivity contribution in [2.45, 2.75) is 44.0 Å². The van der Waals surface area contributed by atoms with Crippen LogP contribution in [0, 0.1) is 5.82 Å². The fraction of sp³-hybridized carbons (Fsp3) is 0.269. The third-order valence-electron chi connectivity index (χ3n) is 5.39. The molecule has 0 aliphatic heterocycles. The van der Waals surface area contributed by atoms with Crippen LogP contribution in [0.5, 0.6) is 0 Å². The van der Waals surface area contributed by atoms with Crippen LogP contribution in [0.1, 0.15) is 44.9 Å². The van der Waals surface area contributed by atoms with Crippen LogP contribution in [-0.4, -0.2) is 20.9 Å². The van der Waals surface area contributed by atoms with Crippen molar-refractivity contribution in [3.05, 3.63) is 95.8 Å². The summed E-state index contributed by atoms with van der Waals surface area (Å²) in [4.78, 5) is 12.9. The maximum atomic E-state index is 13.4. The Bertz CT molecular complexity index is 1190. The Hall–Kier alpha value is -3.19. The molecule has 33 heavy (non-hydrogen) atoms. The van der Waals surface area contributed by atoms with E-state index in [1.807, 2.05) is 31.2 Å². The van der Waals surface area contributed by atoms with E-state index in [-0.39, 0.29) is 22.0 Å². The minimum absolute atomic E-state index is 0.0203. The summed E-state index contributed by atoms with van der Waals surface area (Å²) in [7, 11) is -4.03. The molecule has 3 rings (SSSR count). The van der Waals surface area contributed by atoms with E-state index in [0.29, 0.717) is 0 Å². The van der Waals surface area contributed by atoms with Crippen molar-refractivity contribution < 1.29 is 17.6 Å². The summed E-state index contributed by atoms with van der Waals surface area (Å²) < 4.78 is 41.0. The molecule has 0 fully saturated rings. The average molecular weight is 469 g/mol. The molecule has 0 heterocycles. The van der Waals surface area contributed by atoms with Crippen molar-refractivity contribution >= 4 is 21.6 Å². The second-order valence-electron chi connectivity index (χ2n) is 8.96. The number of carbonyl (C=O) groups excluding carboxylic acids is 1. The number of hydrogen-bond donors (Lipinski definition) is 1. The molecule has 0 saturated heterocycles. The van der Waals surface area contributed by atoms with Crippen LogP contribution < -0.4 is 9.62 Å². The molecule has 0 bridgehead atoms. The van der Waals surface area contributed by atoms with Gasteiger partial charge in [0.1, 0.15) is 12.4 Å². The first kappa shape index (κ1) is 24.5. The van der Waals surface area contributed by atoms with Gasteiger partial charge in [-0.1, -0.05) is 63.2 Å². The molecule has 5 nitrogen and oxygen atoms in total. The van der Waals surface area contributed by atoms with Crippen molar-refractivity contribution in [1.29, 1.82) is 0 Å². The van der Waals surface area contributed by atoms with Crippen LogP contribution >= 0.6 is 0 Å². The first-order valence-electron chi connectivity index (χ1n) is 10.7. The Morgan fingerprint density at radius 2 is 1.52 bits per heavy atom. The maximum Gasteiger partial charge on any atom is 0.264 e. The van der Waals surface area contributed by atoms with E-state index in [1.165, 1.54) is 42.0 Å². The Balaban J connectivity index is 1.82. The second kappa shape index (κ2) is 9.75. The van der Waals surface area contributed by atoms with Crippen molar-refractivity contribution in [3.63, 3.8) is 0 Å². The molecule has 1 atom stereocenters. The summed E-state index contributed by atoms with van der Waals surface area (Å²) in [5, 5.41) is 2.87. The van der Waals surface area contributed by atoms with Gasteiger partial charge in [0.25, 0.3) is 10.0 Å². The SMILES string of the molecule is C[C@@H](NC(=O)CN(c1ccc(F)cc1)S(=O)(=O)c1ccccc1)c1ccc(C(C)(C)C)cc1. The molecular formula is C26H29FN2O3S. The first-order valence-corrected chi connectivity index (χ1v) is 12.2. The second-order valence-corrected chi connectivity index (χ2v) is 10.8. The number of hydrogen-bond acceptors (Lipinski definition) is 3. The highest BCUT2D eigenvalue weighted by Crippen LogP contribution is 2.25. The molecule has 1 N–H and O–H groups in total. The molecule has 0 aliphatic rings. The molecule has 0 aliphatic carbocycles. The standard InChI is InChI=1S/C26H29FN2O3S/c1-19(20-10-12-21(13-11-20)26(2,3)4)28-25(30)18-29(23-16-14-22(27)15-17-23)33(31,32)24-8-6-5-7-9-24/h5-17,19H,18H2,1-4H3,(H,28,30)/t19-/m1/s1. The summed E-state index contributed by atoms with van der Waals surface area (Å²) in [6, 6.07) is 20.5. The van der Waals surface area contributed by atoms with Gasteiger partial charge in [-0.05, 0) is 59.9 Å². The highest BCUT2D eigenvalue weighted by molar-refractivity contribution is 7.92. The van der Waals surface area contributed by atoms with Crippen molar-refractivity contribution in [2.24, 2.45) is 0 Å². The molecule has 0 saturated carbocycles. The van der Waals surface area contributed by atoms with Crippen LogP contribution in [0.15, 0.2) is 83.8 Å². The van der Waals surface area contributed by atoms with Gasteiger partial charge in [-0.3, -0.25) is 9.10 Å². The zero-order valence-corrected chi connectivity index (χ0v) is 20.1. The smallest absolute Gasteiger partial charge is 0.264 e. The van der Waals surface area contributed by atoms with E-state index in [4.69, 9.17) is 0 Å². The van der Waals surface area contributed by atoms with Gasteiger partial charge in [0.15, 0.2) is 0 Å². The third kappa shape index (κ3) is 5.99. The molecule has 7 heteroatoms. The third-order valence-corrected chi connectivity index (χ3v) is 7.18. The molecule has 3 aromatic carbocycles. The predicted molar refractivity (Wildman–Crippen MR) is 129 cm³/mol. The summed E-state index contributed by atoms with van der Waals surface area (Å²) >= 11 is 0. The zero-order chi connectivity index (χ0) is 24.2. The Morgan fingerprint density at radius 1 is 0.939 bits per heavy atom. The number of carbonyl (C=O) groups is 1. The van der Waals surface area contributed by atoms with Crippen LogP contribution in [0.25, 0.3) is 0 Å². The fourth-order valence-corrected chi connectivity index (χ4v) is 4.86. The van der Waals surface area contributed by atoms with Gasteiger partial charge in [-0.2, -0.15) is 0 Å². The van der Waals surface area contributed by atoms with E-state index < -0.39 is 28.3 Å². The van der Waals surface area contributed by atoms with Crippen LogP contribution in [0.4, 0.5) is 10.1 Å². The van der Waals surface area contributed by atoms with Gasteiger partial charge in [-0.15, -0.1) is 0 Å². The molecule has 0 radical (unpaired) electrons. The first-order chi connectivity index (χ1) is 15.5. The number of nitrogens with zero attached hydrogens (tertiary/aromatic N) is 1. The maximum absolute atomic E-state index is 13.4. The number of rotatable bonds is 7. The van der Waals surface area contributed by atoms with E-state index >= 15 is 0 Å². The van der Waals surface area contributed by atoms with E-state index in [0.717, 1.165) is 9.87 Å². The lowest BCUT2D eigenvalue weighted by atomic mass is 9.86. The van der Waals surface area contributed by atoms with Crippen LogP contribution in [0.2, 0.25) is 0 Å². The summed E-state index contributed by atoms with van der Waals surface area (Å²) in [6.45, 7) is 7.80. The molecule has 174 valence electrons. The van der Waals surface area contributed by atoms with Gasteiger partial charge < -0.3 is 5.32 Å². The summed E-state index contributed by atoms with van der Waals surface area (Å²) in [5.74, 6) is -0.959. The van der Waals surface area contributed by atoms with E-state index in [1.54, 1.807) is 18.2 Å². The Kier molecular flexibility index (Phi) is 7.22. The van der Waals surface area contributed by atoms with Crippen LogP contribution in [0.3, 0.4) is 0 Å². The van der Waals surface area contributed by atoms with E-state index in [2.05, 4.69) is 26.1 Å². The largest absolute Gasteiger partial charge is 0.348 e. The van der Waals surface area contributed by atoms with Crippen molar-refractivity contribution in [2.75, 3.05) is 10.8 Å². The molecular weight excluding hydrogens is 439 g/mol. The Labute approximate surface area is 195 Å². The van der Waals surface area contributed by atoms with Gasteiger partial charge in [0.2, 0.25) is 5.91 Å². The summed E-state index contributed by atoms with van der Waals surface area (Å²) in [5.41, 5.74) is 2.32. The number of halogens is 1. The summed E-state index contributed by atoms with van der Waals surface area (Å²) in [6.07, 6.45) is 0. The lowest BCUT2D eigenvalue weighted by molar-refractivity contribution is -0.120. The van der Waals surface area contributed by atoms with Crippen LogP contribution in [-0.2, 0) is 20.2 Å². The minimum Gasteiger partial charge on any atom is -0.348 e. The number of amides is 1. The average Bonchev–Trinajstić information content (AvgIpc) is 2.78. The molecule has 1 amide bonds. The van der Waals surface area contributed by atoms with Gasteiger partial charge in [0.05, 0.1) is 16.6 Å². The topological polar surface area (TPSA) is 66.5 Å². The molecule has 0 spiro atoms. The zero-order valence-electron chi connectivity index (χ0n) is 19.2. The highest BCUT2D eigenvalue weighted by Gasteiger charge is 2.27. The number of benzene rings is 3. The predicted octanol–water partition coefficient (Wildman–Crippen LogP) is 5.20. The van der Waals surface area contributed by atoms with Crippen molar-refractivity contribution in [1.82, 2.24) is 5.32 Å². The number of anilines is 1. The minimum atomic E-state index is -4.03. The quantitative estimate of drug-likeness (QED) is 0.519. The Morgan fingerprint density at radius 3 is 2.06 bits per heavy atom. The lowest BCUT2D eigenvalue weighted by Gasteiger charge is -2.25. The monoisotopic (exact) mass is 468 g/mol. The van der Waals surface area contributed by atoms with Crippen molar-refractivity contribution in [3.8, 4) is 0 Å². The van der Waals surface area contributed by atoms with Gasteiger partial charge >= 0.3 is 0 Å². The molecule has 0 unspecified atom stereocenters. The normalized spacial score (nSPS) is 12.8. The van der Waals surface area contributed by atoms with E-state index in [9.17, 15) is 17.6 Å².